The standard InChI is InChI=1S/C21H19N5O/c1-3-16-8-4-6-14(2)20(16)24-21(27)18-10-11-19(26-25-18)23-17-9-5-7-15(12-17)13-22/h4-12H,3H2,1-2H3,(H,23,26)(H,24,27). The van der Waals surface area contributed by atoms with Gasteiger partial charge in [-0.2, -0.15) is 5.26 Å². The number of rotatable bonds is 5. The van der Waals surface area contributed by atoms with E-state index in [0.717, 1.165) is 28.9 Å². The Morgan fingerprint density at radius 2 is 1.93 bits per heavy atom. The van der Waals surface area contributed by atoms with E-state index in [2.05, 4.69) is 26.9 Å². The number of nitrogens with one attached hydrogen (secondary N) is 2. The fourth-order valence-corrected chi connectivity index (χ4v) is 2.71. The topological polar surface area (TPSA) is 90.7 Å². The van der Waals surface area contributed by atoms with E-state index in [1.54, 1.807) is 30.3 Å². The zero-order valence-electron chi connectivity index (χ0n) is 15.2. The lowest BCUT2D eigenvalue weighted by molar-refractivity contribution is 0.102. The first-order valence-electron chi connectivity index (χ1n) is 8.61. The first kappa shape index (κ1) is 18.1. The van der Waals surface area contributed by atoms with E-state index in [0.29, 0.717) is 11.4 Å². The van der Waals surface area contributed by atoms with Crippen molar-refractivity contribution in [3.63, 3.8) is 0 Å². The minimum absolute atomic E-state index is 0.233. The van der Waals surface area contributed by atoms with Gasteiger partial charge >= 0.3 is 0 Å². The second-order valence-corrected chi connectivity index (χ2v) is 6.04. The number of anilines is 3. The zero-order chi connectivity index (χ0) is 19.2. The number of aromatic nitrogens is 2. The molecule has 3 rings (SSSR count). The number of nitrogens with zero attached hydrogens (tertiary/aromatic N) is 3. The maximum atomic E-state index is 12.5. The third kappa shape index (κ3) is 4.28. The molecule has 0 aliphatic rings. The third-order valence-electron chi connectivity index (χ3n) is 4.14. The molecule has 0 unspecified atom stereocenters. The van der Waals surface area contributed by atoms with Gasteiger partial charge in [-0.3, -0.25) is 4.79 Å². The van der Waals surface area contributed by atoms with Crippen molar-refractivity contribution >= 4 is 23.1 Å². The van der Waals surface area contributed by atoms with Crippen molar-refractivity contribution in [2.45, 2.75) is 20.3 Å². The highest BCUT2D eigenvalue weighted by molar-refractivity contribution is 6.03. The molecule has 1 amide bonds. The van der Waals surface area contributed by atoms with Crippen molar-refractivity contribution in [2.75, 3.05) is 10.6 Å². The highest BCUT2D eigenvalue weighted by atomic mass is 16.1. The number of hydrogen-bond donors (Lipinski definition) is 2. The Kier molecular flexibility index (Phi) is 5.43. The van der Waals surface area contributed by atoms with E-state index >= 15 is 0 Å². The smallest absolute Gasteiger partial charge is 0.276 e. The molecule has 2 aromatic carbocycles. The van der Waals surface area contributed by atoms with E-state index in [-0.39, 0.29) is 11.6 Å². The summed E-state index contributed by atoms with van der Waals surface area (Å²) in [6, 6.07) is 18.4. The van der Waals surface area contributed by atoms with Gasteiger partial charge < -0.3 is 10.6 Å². The first-order chi connectivity index (χ1) is 13.1. The molecular weight excluding hydrogens is 338 g/mol. The van der Waals surface area contributed by atoms with Crippen LogP contribution in [0.2, 0.25) is 0 Å². The van der Waals surface area contributed by atoms with Gasteiger partial charge in [-0.15, -0.1) is 10.2 Å². The zero-order valence-corrected chi connectivity index (χ0v) is 15.2. The summed E-state index contributed by atoms with van der Waals surface area (Å²) in [6.45, 7) is 4.01. The Balaban J connectivity index is 1.73. The average Bonchev–Trinajstić information content (AvgIpc) is 2.70. The molecule has 0 saturated carbocycles. The lowest BCUT2D eigenvalue weighted by Crippen LogP contribution is -2.16. The van der Waals surface area contributed by atoms with Gasteiger partial charge in [0.1, 0.15) is 0 Å². The van der Waals surface area contributed by atoms with Crippen molar-refractivity contribution < 1.29 is 4.79 Å². The van der Waals surface area contributed by atoms with E-state index < -0.39 is 0 Å². The van der Waals surface area contributed by atoms with Gasteiger partial charge in [0.15, 0.2) is 11.5 Å². The van der Waals surface area contributed by atoms with Crippen LogP contribution in [-0.4, -0.2) is 16.1 Å². The Bertz CT molecular complexity index is 1010. The highest BCUT2D eigenvalue weighted by Crippen LogP contribution is 2.22. The summed E-state index contributed by atoms with van der Waals surface area (Å²) >= 11 is 0. The van der Waals surface area contributed by atoms with Gasteiger partial charge in [0, 0.05) is 11.4 Å². The molecule has 27 heavy (non-hydrogen) atoms. The van der Waals surface area contributed by atoms with Crippen LogP contribution in [0.4, 0.5) is 17.2 Å². The number of hydrogen-bond acceptors (Lipinski definition) is 5. The maximum absolute atomic E-state index is 12.5. The number of nitriles is 1. The lowest BCUT2D eigenvalue weighted by Gasteiger charge is -2.12. The molecule has 0 bridgehead atoms. The second kappa shape index (κ2) is 8.11. The normalized spacial score (nSPS) is 10.1. The van der Waals surface area contributed by atoms with Crippen LogP contribution in [0.5, 0.6) is 0 Å². The summed E-state index contributed by atoms with van der Waals surface area (Å²) in [6.07, 6.45) is 0.827. The van der Waals surface area contributed by atoms with Gasteiger partial charge in [0.05, 0.1) is 11.6 Å². The SMILES string of the molecule is CCc1cccc(C)c1NC(=O)c1ccc(Nc2cccc(C#N)c2)nn1. The van der Waals surface area contributed by atoms with Crippen LogP contribution in [0, 0.1) is 18.3 Å². The van der Waals surface area contributed by atoms with Gasteiger partial charge in [0.2, 0.25) is 0 Å². The number of amides is 1. The van der Waals surface area contributed by atoms with Crippen molar-refractivity contribution in [3.05, 3.63) is 77.0 Å². The summed E-state index contributed by atoms with van der Waals surface area (Å²) in [4.78, 5) is 12.5. The molecule has 0 radical (unpaired) electrons. The first-order valence-corrected chi connectivity index (χ1v) is 8.61. The summed E-state index contributed by atoms with van der Waals surface area (Å²) in [5, 5.41) is 23.0. The molecule has 1 aromatic heterocycles. The van der Waals surface area contributed by atoms with Gasteiger partial charge in [-0.05, 0) is 54.8 Å². The van der Waals surface area contributed by atoms with Gasteiger partial charge in [0.25, 0.3) is 5.91 Å². The number of benzene rings is 2. The Labute approximate surface area is 157 Å². The van der Waals surface area contributed by atoms with Crippen LogP contribution in [0.1, 0.15) is 34.1 Å². The van der Waals surface area contributed by atoms with Crippen LogP contribution in [-0.2, 0) is 6.42 Å². The fourth-order valence-electron chi connectivity index (χ4n) is 2.71. The molecule has 0 fully saturated rings. The van der Waals surface area contributed by atoms with Crippen LogP contribution >= 0.6 is 0 Å². The predicted octanol–water partition coefficient (Wildman–Crippen LogP) is 4.22. The molecule has 0 atom stereocenters. The van der Waals surface area contributed by atoms with Crippen LogP contribution in [0.25, 0.3) is 0 Å². The molecule has 6 heteroatoms. The Morgan fingerprint density at radius 3 is 2.63 bits per heavy atom. The molecule has 0 aliphatic heterocycles. The van der Waals surface area contributed by atoms with E-state index in [9.17, 15) is 4.79 Å². The quantitative estimate of drug-likeness (QED) is 0.713. The summed E-state index contributed by atoms with van der Waals surface area (Å²) in [5.74, 6) is 0.191. The molecule has 134 valence electrons. The van der Waals surface area contributed by atoms with Gasteiger partial charge in [-0.25, -0.2) is 0 Å². The molecular formula is C21H19N5O. The van der Waals surface area contributed by atoms with Crippen molar-refractivity contribution in [1.82, 2.24) is 10.2 Å². The van der Waals surface area contributed by atoms with E-state index in [4.69, 9.17) is 5.26 Å². The Hall–Kier alpha value is -3.72. The van der Waals surface area contributed by atoms with E-state index in [1.165, 1.54) is 0 Å². The molecule has 6 nitrogen and oxygen atoms in total. The molecule has 0 spiro atoms. The van der Waals surface area contributed by atoms with Crippen molar-refractivity contribution in [3.8, 4) is 6.07 Å². The number of carbonyl (C=O) groups excluding carboxylic acids is 1. The third-order valence-corrected chi connectivity index (χ3v) is 4.14. The van der Waals surface area contributed by atoms with Crippen LogP contribution in [0.15, 0.2) is 54.6 Å². The molecule has 1 heterocycles. The minimum atomic E-state index is -0.301. The molecule has 3 aromatic rings. The molecule has 0 saturated heterocycles. The van der Waals surface area contributed by atoms with Crippen molar-refractivity contribution in [1.29, 1.82) is 5.26 Å². The molecule has 2 N–H and O–H groups in total. The van der Waals surface area contributed by atoms with Crippen LogP contribution in [0.3, 0.4) is 0 Å². The summed E-state index contributed by atoms with van der Waals surface area (Å²) in [7, 11) is 0. The largest absolute Gasteiger partial charge is 0.339 e. The maximum Gasteiger partial charge on any atom is 0.276 e. The number of aryl methyl sites for hydroxylation is 2. The molecule has 0 aliphatic carbocycles. The van der Waals surface area contributed by atoms with Gasteiger partial charge in [-0.1, -0.05) is 31.2 Å². The fraction of sp³-hybridized carbons (Fsp3) is 0.143. The predicted molar refractivity (Wildman–Crippen MR) is 105 cm³/mol. The van der Waals surface area contributed by atoms with E-state index in [1.807, 2.05) is 38.1 Å². The monoisotopic (exact) mass is 357 g/mol. The minimum Gasteiger partial charge on any atom is -0.339 e. The second-order valence-electron chi connectivity index (χ2n) is 6.04. The number of carbonyl (C=O) groups is 1. The Morgan fingerprint density at radius 1 is 1.11 bits per heavy atom. The van der Waals surface area contributed by atoms with Crippen LogP contribution < -0.4 is 10.6 Å². The highest BCUT2D eigenvalue weighted by Gasteiger charge is 2.12. The average molecular weight is 357 g/mol. The summed E-state index contributed by atoms with van der Waals surface area (Å²) < 4.78 is 0. The lowest BCUT2D eigenvalue weighted by atomic mass is 10.1. The number of para-hydroxylation sites is 1. The van der Waals surface area contributed by atoms with Crippen molar-refractivity contribution in [2.24, 2.45) is 0 Å². The summed E-state index contributed by atoms with van der Waals surface area (Å²) in [5.41, 5.74) is 4.42.